The van der Waals surface area contributed by atoms with Gasteiger partial charge < -0.3 is 14.9 Å². The van der Waals surface area contributed by atoms with Gasteiger partial charge in [0.25, 0.3) is 0 Å². The van der Waals surface area contributed by atoms with Crippen LogP contribution < -0.4 is 0 Å². The van der Waals surface area contributed by atoms with E-state index in [9.17, 15) is 4.79 Å². The Kier molecular flexibility index (Phi) is 3.49. The van der Waals surface area contributed by atoms with E-state index in [-0.39, 0.29) is 6.42 Å². The van der Waals surface area contributed by atoms with Gasteiger partial charge in [0.05, 0.1) is 25.2 Å². The standard InChI is InChI=1S/C8H14O4/c9-6(4-8(10)11)2-1-3-7-5-12-7/h6-7,9H,1-5H2,(H,10,11). The lowest BCUT2D eigenvalue weighted by Crippen LogP contribution is -2.12. The Labute approximate surface area is 71.2 Å². The molecule has 4 nitrogen and oxygen atoms in total. The maximum atomic E-state index is 10.1. The van der Waals surface area contributed by atoms with Crippen LogP contribution in [0.2, 0.25) is 0 Å². The molecular formula is C8H14O4. The number of carboxylic acid groups (broad SMARTS) is 1. The molecule has 0 aliphatic carbocycles. The lowest BCUT2D eigenvalue weighted by Gasteiger charge is -2.05. The van der Waals surface area contributed by atoms with Crippen LogP contribution >= 0.6 is 0 Å². The number of carboxylic acids is 1. The van der Waals surface area contributed by atoms with Gasteiger partial charge >= 0.3 is 5.97 Å². The molecule has 1 rings (SSSR count). The van der Waals surface area contributed by atoms with Crippen LogP contribution in [0.15, 0.2) is 0 Å². The zero-order chi connectivity index (χ0) is 8.97. The van der Waals surface area contributed by atoms with Crippen LogP contribution in [0.4, 0.5) is 0 Å². The van der Waals surface area contributed by atoms with Crippen LogP contribution in [0.5, 0.6) is 0 Å². The van der Waals surface area contributed by atoms with E-state index in [0.29, 0.717) is 12.5 Å². The smallest absolute Gasteiger partial charge is 0.305 e. The van der Waals surface area contributed by atoms with E-state index < -0.39 is 12.1 Å². The zero-order valence-corrected chi connectivity index (χ0v) is 6.90. The van der Waals surface area contributed by atoms with E-state index in [1.807, 2.05) is 0 Å². The molecule has 4 heteroatoms. The van der Waals surface area contributed by atoms with Crippen LogP contribution in [-0.2, 0) is 9.53 Å². The number of rotatable bonds is 6. The molecule has 12 heavy (non-hydrogen) atoms. The van der Waals surface area contributed by atoms with Crippen molar-refractivity contribution in [2.45, 2.75) is 37.9 Å². The molecule has 1 heterocycles. The third kappa shape index (κ3) is 4.31. The van der Waals surface area contributed by atoms with Crippen LogP contribution in [-0.4, -0.2) is 35.0 Å². The number of epoxide rings is 1. The fraction of sp³-hybridized carbons (Fsp3) is 0.875. The minimum Gasteiger partial charge on any atom is -0.481 e. The summed E-state index contributed by atoms with van der Waals surface area (Å²) in [7, 11) is 0. The van der Waals surface area contributed by atoms with Crippen LogP contribution in [0.25, 0.3) is 0 Å². The van der Waals surface area contributed by atoms with Gasteiger partial charge in [-0.15, -0.1) is 0 Å². The molecule has 1 aliphatic heterocycles. The largest absolute Gasteiger partial charge is 0.481 e. The number of aliphatic carboxylic acids is 1. The van der Waals surface area contributed by atoms with E-state index in [1.54, 1.807) is 0 Å². The number of carbonyl (C=O) groups is 1. The molecular weight excluding hydrogens is 160 g/mol. The normalized spacial score (nSPS) is 23.6. The number of ether oxygens (including phenoxy) is 1. The van der Waals surface area contributed by atoms with E-state index in [4.69, 9.17) is 14.9 Å². The Hall–Kier alpha value is -0.610. The Morgan fingerprint density at radius 2 is 2.33 bits per heavy atom. The third-order valence-corrected chi connectivity index (χ3v) is 1.88. The first-order valence-electron chi connectivity index (χ1n) is 4.20. The molecule has 0 spiro atoms. The highest BCUT2D eigenvalue weighted by atomic mass is 16.6. The summed E-state index contributed by atoms with van der Waals surface area (Å²) < 4.78 is 4.97. The third-order valence-electron chi connectivity index (χ3n) is 1.88. The van der Waals surface area contributed by atoms with Crippen molar-refractivity contribution in [2.75, 3.05) is 6.61 Å². The lowest BCUT2D eigenvalue weighted by molar-refractivity contribution is -0.139. The van der Waals surface area contributed by atoms with Crippen molar-refractivity contribution in [2.24, 2.45) is 0 Å². The van der Waals surface area contributed by atoms with E-state index >= 15 is 0 Å². The van der Waals surface area contributed by atoms with Crippen molar-refractivity contribution in [1.29, 1.82) is 0 Å². The predicted molar refractivity (Wildman–Crippen MR) is 41.9 cm³/mol. The first-order chi connectivity index (χ1) is 5.68. The Bertz CT molecular complexity index is 153. The van der Waals surface area contributed by atoms with Crippen molar-refractivity contribution < 1.29 is 19.7 Å². The molecule has 1 saturated heterocycles. The van der Waals surface area contributed by atoms with Gasteiger partial charge in [0.2, 0.25) is 0 Å². The summed E-state index contributed by atoms with van der Waals surface area (Å²) in [5, 5.41) is 17.5. The number of hydrogen-bond acceptors (Lipinski definition) is 3. The molecule has 0 aromatic carbocycles. The molecule has 0 aromatic heterocycles. The van der Waals surface area contributed by atoms with Gasteiger partial charge in [0.1, 0.15) is 0 Å². The molecule has 0 saturated carbocycles. The number of aliphatic hydroxyl groups is 1. The predicted octanol–water partition coefficient (Wildman–Crippen LogP) is 0.391. The molecule has 1 fully saturated rings. The quantitative estimate of drug-likeness (QED) is 0.571. The molecule has 1 aliphatic rings. The molecule has 0 radical (unpaired) electrons. The maximum Gasteiger partial charge on any atom is 0.305 e. The topological polar surface area (TPSA) is 70.1 Å². The number of hydrogen-bond donors (Lipinski definition) is 2. The molecule has 0 aromatic rings. The average molecular weight is 174 g/mol. The highest BCUT2D eigenvalue weighted by Gasteiger charge is 2.21. The SMILES string of the molecule is O=C(O)CC(O)CCCC1CO1. The average Bonchev–Trinajstić information content (AvgIpc) is 2.69. The Balaban J connectivity index is 1.93. The van der Waals surface area contributed by atoms with Gasteiger partial charge in [-0.2, -0.15) is 0 Å². The van der Waals surface area contributed by atoms with Gasteiger partial charge in [-0.1, -0.05) is 0 Å². The second-order valence-corrected chi connectivity index (χ2v) is 3.14. The molecule has 2 unspecified atom stereocenters. The first-order valence-corrected chi connectivity index (χ1v) is 4.20. The molecule has 2 N–H and O–H groups in total. The van der Waals surface area contributed by atoms with Crippen molar-refractivity contribution >= 4 is 5.97 Å². The van der Waals surface area contributed by atoms with Gasteiger partial charge in [0, 0.05) is 0 Å². The molecule has 70 valence electrons. The highest BCUT2D eigenvalue weighted by molar-refractivity contribution is 5.67. The second kappa shape index (κ2) is 4.42. The highest BCUT2D eigenvalue weighted by Crippen LogP contribution is 2.17. The van der Waals surface area contributed by atoms with Gasteiger partial charge in [-0.25, -0.2) is 0 Å². The Morgan fingerprint density at radius 1 is 1.67 bits per heavy atom. The van der Waals surface area contributed by atoms with Gasteiger partial charge in [-0.3, -0.25) is 4.79 Å². The molecule has 0 amide bonds. The van der Waals surface area contributed by atoms with Gasteiger partial charge in [0.15, 0.2) is 0 Å². The van der Waals surface area contributed by atoms with Gasteiger partial charge in [-0.05, 0) is 19.3 Å². The Morgan fingerprint density at radius 3 is 2.83 bits per heavy atom. The first kappa shape index (κ1) is 9.48. The summed E-state index contributed by atoms with van der Waals surface area (Å²) in [6.45, 7) is 0.828. The summed E-state index contributed by atoms with van der Waals surface area (Å²) >= 11 is 0. The van der Waals surface area contributed by atoms with Crippen molar-refractivity contribution in [3.8, 4) is 0 Å². The summed E-state index contributed by atoms with van der Waals surface area (Å²) in [5.41, 5.74) is 0. The van der Waals surface area contributed by atoms with E-state index in [2.05, 4.69) is 0 Å². The van der Waals surface area contributed by atoms with Crippen molar-refractivity contribution in [3.05, 3.63) is 0 Å². The van der Waals surface area contributed by atoms with Crippen LogP contribution in [0.3, 0.4) is 0 Å². The van der Waals surface area contributed by atoms with E-state index in [0.717, 1.165) is 19.4 Å². The van der Waals surface area contributed by atoms with Crippen molar-refractivity contribution in [3.63, 3.8) is 0 Å². The van der Waals surface area contributed by atoms with E-state index in [1.165, 1.54) is 0 Å². The number of aliphatic hydroxyl groups excluding tert-OH is 1. The minimum absolute atomic E-state index is 0.147. The molecule has 0 bridgehead atoms. The summed E-state index contributed by atoms with van der Waals surface area (Å²) in [6.07, 6.45) is 1.89. The summed E-state index contributed by atoms with van der Waals surface area (Å²) in [6, 6.07) is 0. The summed E-state index contributed by atoms with van der Waals surface area (Å²) in [5.74, 6) is -0.940. The lowest BCUT2D eigenvalue weighted by atomic mass is 10.1. The fourth-order valence-electron chi connectivity index (χ4n) is 1.12. The minimum atomic E-state index is -0.940. The zero-order valence-electron chi connectivity index (χ0n) is 6.90. The maximum absolute atomic E-state index is 10.1. The monoisotopic (exact) mass is 174 g/mol. The second-order valence-electron chi connectivity index (χ2n) is 3.14. The molecule has 2 atom stereocenters. The summed E-state index contributed by atoms with van der Waals surface area (Å²) in [4.78, 5) is 10.1. The van der Waals surface area contributed by atoms with Crippen LogP contribution in [0.1, 0.15) is 25.7 Å². The van der Waals surface area contributed by atoms with Crippen LogP contribution in [0, 0.1) is 0 Å². The fourth-order valence-corrected chi connectivity index (χ4v) is 1.12. The van der Waals surface area contributed by atoms with Crippen molar-refractivity contribution in [1.82, 2.24) is 0 Å².